The summed E-state index contributed by atoms with van der Waals surface area (Å²) in [4.78, 5) is 15.6. The van der Waals surface area contributed by atoms with E-state index in [0.717, 1.165) is 32.1 Å². The molecule has 0 atom stereocenters. The Morgan fingerprint density at radius 1 is 1.21 bits per heavy atom. The van der Waals surface area contributed by atoms with Crippen LogP contribution in [-0.4, -0.2) is 55.8 Å². The van der Waals surface area contributed by atoms with Crippen molar-refractivity contribution in [1.29, 1.82) is 0 Å². The summed E-state index contributed by atoms with van der Waals surface area (Å²) in [5.74, 6) is -0.165. The molecule has 0 spiro atoms. The number of carboxylic acid groups (broad SMARTS) is 1. The lowest BCUT2D eigenvalue weighted by atomic mass is 9.90. The van der Waals surface area contributed by atoms with E-state index in [-0.39, 0.29) is 47.0 Å². The Morgan fingerprint density at radius 3 is 2.54 bits per heavy atom. The fourth-order valence-electron chi connectivity index (χ4n) is 3.96. The van der Waals surface area contributed by atoms with Crippen molar-refractivity contribution in [2.24, 2.45) is 5.92 Å². The second kappa shape index (κ2) is 13.5. The predicted molar refractivity (Wildman–Crippen MR) is 135 cm³/mol. The Kier molecular flexibility index (Phi) is 10.6. The molecule has 1 aromatic heterocycles. The molecule has 1 aliphatic rings. The third-order valence-electron chi connectivity index (χ3n) is 6.03. The molecule has 216 valence electrons. The molecule has 3 rings (SSSR count). The Morgan fingerprint density at radius 2 is 1.92 bits per heavy atom. The molecule has 0 aliphatic heterocycles. The van der Waals surface area contributed by atoms with Crippen molar-refractivity contribution < 1.29 is 45.7 Å². The lowest BCUT2D eigenvalue weighted by molar-refractivity contribution is -0.137. The molecule has 10 nitrogen and oxygen atoms in total. The third-order valence-corrected chi connectivity index (χ3v) is 7.70. The number of hydrogen-bond donors (Lipinski definition) is 2. The smallest absolute Gasteiger partial charge is 0.422 e. The summed E-state index contributed by atoms with van der Waals surface area (Å²) in [6.07, 6.45) is -1.15. The van der Waals surface area contributed by atoms with E-state index in [0.29, 0.717) is 12.3 Å². The number of pyridine rings is 1. The quantitative estimate of drug-likeness (QED) is 0.309. The van der Waals surface area contributed by atoms with Gasteiger partial charge >= 0.3 is 22.5 Å². The molecule has 1 heterocycles. The second-order valence-electron chi connectivity index (χ2n) is 8.87. The molecule has 1 fully saturated rings. The van der Waals surface area contributed by atoms with Crippen LogP contribution >= 0.6 is 11.6 Å². The van der Waals surface area contributed by atoms with Gasteiger partial charge in [-0.1, -0.05) is 30.9 Å². The highest BCUT2D eigenvalue weighted by molar-refractivity contribution is 7.87. The van der Waals surface area contributed by atoms with Gasteiger partial charge in [0.05, 0.1) is 18.7 Å². The molecule has 2 aromatic rings. The summed E-state index contributed by atoms with van der Waals surface area (Å²) >= 11 is 5.98. The highest BCUT2D eigenvalue weighted by atomic mass is 35.5. The van der Waals surface area contributed by atoms with E-state index < -0.39 is 45.5 Å². The SMILES string of the molecule is COCCOc1ccc(CN(C(=O)O)S(=O)(=O)NCC2CCCCC2)c(Oc2ncc(C(F)(F)F)cc2Cl)c1. The summed E-state index contributed by atoms with van der Waals surface area (Å²) < 4.78 is 83.6. The minimum absolute atomic E-state index is 0.0669. The van der Waals surface area contributed by atoms with Gasteiger partial charge in [-0.25, -0.2) is 9.78 Å². The van der Waals surface area contributed by atoms with Gasteiger partial charge in [0.2, 0.25) is 5.88 Å². The van der Waals surface area contributed by atoms with Crippen LogP contribution in [0.5, 0.6) is 17.4 Å². The van der Waals surface area contributed by atoms with Gasteiger partial charge in [-0.05, 0) is 37.0 Å². The lowest BCUT2D eigenvalue weighted by Gasteiger charge is -2.25. The molecule has 1 aliphatic carbocycles. The van der Waals surface area contributed by atoms with E-state index in [1.54, 1.807) is 0 Å². The molecule has 1 aromatic carbocycles. The standard InChI is InChI=1S/C24H29ClF3N3O7S/c1-36-9-10-37-19-8-7-17(21(12-19)38-22-20(25)11-18(14-29-22)24(26,27)28)15-31(23(32)33)39(34,35)30-13-16-5-3-2-4-6-16/h7-8,11-12,14,16,30H,2-6,9-10,13,15H2,1H3,(H,32,33). The first-order valence-corrected chi connectivity index (χ1v) is 13.9. The first-order chi connectivity index (χ1) is 18.4. The van der Waals surface area contributed by atoms with Crippen molar-refractivity contribution >= 4 is 27.9 Å². The average molecular weight is 596 g/mol. The zero-order valence-electron chi connectivity index (χ0n) is 21.0. The summed E-state index contributed by atoms with van der Waals surface area (Å²) in [7, 11) is -2.98. The summed E-state index contributed by atoms with van der Waals surface area (Å²) in [5, 5.41) is 9.26. The van der Waals surface area contributed by atoms with Crippen molar-refractivity contribution in [2.45, 2.75) is 44.8 Å². The third kappa shape index (κ3) is 8.85. The molecule has 0 unspecified atom stereocenters. The largest absolute Gasteiger partial charge is 0.491 e. The van der Waals surface area contributed by atoms with Crippen LogP contribution in [0.3, 0.4) is 0 Å². The van der Waals surface area contributed by atoms with Crippen LogP contribution in [0, 0.1) is 5.92 Å². The number of halogens is 4. The number of amides is 1. The molecule has 0 bridgehead atoms. The molecule has 0 saturated heterocycles. The lowest BCUT2D eigenvalue weighted by Crippen LogP contribution is -2.44. The van der Waals surface area contributed by atoms with E-state index >= 15 is 0 Å². The number of ether oxygens (including phenoxy) is 3. The Balaban J connectivity index is 1.88. The predicted octanol–water partition coefficient (Wildman–Crippen LogP) is 5.47. The monoisotopic (exact) mass is 595 g/mol. The van der Waals surface area contributed by atoms with E-state index in [1.807, 2.05) is 0 Å². The van der Waals surface area contributed by atoms with Crippen molar-refractivity contribution in [3.63, 3.8) is 0 Å². The normalized spacial score (nSPS) is 14.7. The number of methoxy groups -OCH3 is 1. The fourth-order valence-corrected chi connectivity index (χ4v) is 5.28. The van der Waals surface area contributed by atoms with Crippen LogP contribution in [0.1, 0.15) is 43.2 Å². The van der Waals surface area contributed by atoms with Gasteiger partial charge in [-0.15, -0.1) is 0 Å². The molecule has 1 amide bonds. The zero-order valence-corrected chi connectivity index (χ0v) is 22.6. The van der Waals surface area contributed by atoms with Crippen LogP contribution in [0.2, 0.25) is 5.02 Å². The van der Waals surface area contributed by atoms with E-state index in [4.69, 9.17) is 25.8 Å². The molecular formula is C24H29ClF3N3O7S. The Bertz CT molecular complexity index is 1240. The zero-order chi connectivity index (χ0) is 28.6. The molecular weight excluding hydrogens is 567 g/mol. The molecule has 2 N–H and O–H groups in total. The number of benzene rings is 1. The van der Waals surface area contributed by atoms with Gasteiger partial charge in [0.25, 0.3) is 0 Å². The summed E-state index contributed by atoms with van der Waals surface area (Å²) in [6, 6.07) is 4.79. The highest BCUT2D eigenvalue weighted by Crippen LogP contribution is 2.37. The van der Waals surface area contributed by atoms with Crippen LogP contribution < -0.4 is 14.2 Å². The number of alkyl halides is 3. The number of nitrogens with zero attached hydrogens (tertiary/aromatic N) is 2. The first-order valence-electron chi connectivity index (χ1n) is 12.1. The second-order valence-corrected chi connectivity index (χ2v) is 11.0. The van der Waals surface area contributed by atoms with Crippen LogP contribution in [0.4, 0.5) is 18.0 Å². The molecule has 39 heavy (non-hydrogen) atoms. The van der Waals surface area contributed by atoms with E-state index in [9.17, 15) is 31.5 Å². The maximum Gasteiger partial charge on any atom is 0.422 e. The van der Waals surface area contributed by atoms with E-state index in [1.165, 1.54) is 25.3 Å². The molecule has 0 radical (unpaired) electrons. The number of carbonyl (C=O) groups is 1. The van der Waals surface area contributed by atoms with Crippen LogP contribution in [-0.2, 0) is 27.7 Å². The highest BCUT2D eigenvalue weighted by Gasteiger charge is 2.32. The summed E-state index contributed by atoms with van der Waals surface area (Å²) in [6.45, 7) is -0.161. The van der Waals surface area contributed by atoms with Gasteiger partial charge < -0.3 is 19.3 Å². The maximum atomic E-state index is 13.0. The number of nitrogens with one attached hydrogen (secondary N) is 1. The summed E-state index contributed by atoms with van der Waals surface area (Å²) in [5.41, 5.74) is -1.03. The van der Waals surface area contributed by atoms with Crippen molar-refractivity contribution in [3.05, 3.63) is 46.6 Å². The van der Waals surface area contributed by atoms with Crippen LogP contribution in [0.15, 0.2) is 30.5 Å². The first kappa shape index (κ1) is 30.7. The van der Waals surface area contributed by atoms with Gasteiger partial charge in [0.1, 0.15) is 23.1 Å². The number of rotatable bonds is 12. The van der Waals surface area contributed by atoms with Gasteiger partial charge in [-0.3, -0.25) is 0 Å². The minimum atomic E-state index is -4.68. The van der Waals surface area contributed by atoms with Crippen molar-refractivity contribution in [1.82, 2.24) is 14.0 Å². The van der Waals surface area contributed by atoms with Crippen molar-refractivity contribution in [3.8, 4) is 17.4 Å². The number of aromatic nitrogens is 1. The minimum Gasteiger partial charge on any atom is -0.491 e. The number of hydrogen-bond acceptors (Lipinski definition) is 7. The van der Waals surface area contributed by atoms with Gasteiger partial charge in [-0.2, -0.15) is 30.6 Å². The molecule has 1 saturated carbocycles. The van der Waals surface area contributed by atoms with Crippen LogP contribution in [0.25, 0.3) is 0 Å². The molecule has 15 heteroatoms. The topological polar surface area (TPSA) is 127 Å². The fraction of sp³-hybridized carbons (Fsp3) is 0.500. The Labute approximate surface area is 229 Å². The Hall–Kier alpha value is -2.81. The van der Waals surface area contributed by atoms with E-state index in [2.05, 4.69) is 9.71 Å². The average Bonchev–Trinajstić information content (AvgIpc) is 2.88. The van der Waals surface area contributed by atoms with Gasteiger partial charge in [0, 0.05) is 31.5 Å². The van der Waals surface area contributed by atoms with Gasteiger partial charge in [0.15, 0.2) is 0 Å². The maximum absolute atomic E-state index is 13.0. The van der Waals surface area contributed by atoms with Crippen molar-refractivity contribution in [2.75, 3.05) is 26.9 Å².